The van der Waals surface area contributed by atoms with E-state index in [2.05, 4.69) is 121 Å². The van der Waals surface area contributed by atoms with E-state index < -0.39 is 12.7 Å². The molecule has 4 aromatic rings. The van der Waals surface area contributed by atoms with Crippen LogP contribution >= 0.6 is 59.8 Å². The van der Waals surface area contributed by atoms with Crippen LogP contribution in [0.4, 0.5) is 0 Å². The molecule has 0 fully saturated rings. The minimum atomic E-state index is -1.31. The molecule has 0 saturated carbocycles. The van der Waals surface area contributed by atoms with Gasteiger partial charge in [-0.2, -0.15) is 0 Å². The molecule has 0 spiro atoms. The number of hydrogen-bond donors (Lipinski definition) is 1. The maximum atomic E-state index is 10.3. The van der Waals surface area contributed by atoms with Crippen molar-refractivity contribution in [1.82, 2.24) is 0 Å². The molecule has 0 aliphatic heterocycles. The van der Waals surface area contributed by atoms with E-state index in [4.69, 9.17) is 8.75 Å². The maximum Gasteiger partial charge on any atom is 0.648 e. The highest BCUT2D eigenvalue weighted by atomic mass is 79.9. The molecule has 37 heavy (non-hydrogen) atoms. The fraction of sp³-hybridized carbons (Fsp3) is 0.172. The Balaban J connectivity index is 1.54. The Morgan fingerprint density at radius 1 is 0.703 bits per heavy atom. The van der Waals surface area contributed by atoms with Crippen molar-refractivity contribution in [2.75, 3.05) is 6.61 Å². The largest absolute Gasteiger partial charge is 0.648 e. The highest BCUT2D eigenvalue weighted by Crippen LogP contribution is 2.44. The van der Waals surface area contributed by atoms with Gasteiger partial charge < -0.3 is 13.8 Å². The van der Waals surface area contributed by atoms with Crippen molar-refractivity contribution in [3.63, 3.8) is 0 Å². The van der Waals surface area contributed by atoms with Crippen LogP contribution in [0.3, 0.4) is 0 Å². The molecule has 0 aromatic heterocycles. The quantitative estimate of drug-likeness (QED) is 0.0732. The van der Waals surface area contributed by atoms with Crippen LogP contribution in [0.2, 0.25) is 0 Å². The predicted octanol–water partition coefficient (Wildman–Crippen LogP) is 9.11. The fourth-order valence-corrected chi connectivity index (χ4v) is 5.67. The number of benzene rings is 4. The zero-order valence-electron chi connectivity index (χ0n) is 20.2. The van der Waals surface area contributed by atoms with Crippen LogP contribution in [0, 0.1) is 6.92 Å². The Bertz CT molecular complexity index is 1160. The van der Waals surface area contributed by atoms with Crippen LogP contribution in [0.5, 0.6) is 0 Å². The molecule has 4 aromatic carbocycles. The second-order valence-electron chi connectivity index (χ2n) is 8.70. The van der Waals surface area contributed by atoms with Crippen LogP contribution in [-0.2, 0) is 14.2 Å². The summed E-state index contributed by atoms with van der Waals surface area (Å²) in [5.41, 5.74) is 4.33. The van der Waals surface area contributed by atoms with E-state index in [0.717, 1.165) is 36.8 Å². The number of aryl methyl sites for hydroxylation is 1. The van der Waals surface area contributed by atoms with Crippen molar-refractivity contribution < 1.29 is 13.8 Å². The van der Waals surface area contributed by atoms with Gasteiger partial charge >= 0.3 is 7.32 Å². The fourth-order valence-electron chi connectivity index (χ4n) is 4.38. The Morgan fingerprint density at radius 3 is 1.57 bits per heavy atom. The first kappa shape index (κ1) is 28.6. The third-order valence-electron chi connectivity index (χ3n) is 6.22. The van der Waals surface area contributed by atoms with Crippen LogP contribution in [0.1, 0.15) is 35.1 Å². The lowest BCUT2D eigenvalue weighted by Crippen LogP contribution is -2.30. The Labute approximate surface area is 248 Å². The van der Waals surface area contributed by atoms with Crippen molar-refractivity contribution in [2.24, 2.45) is 0 Å². The molecule has 0 aliphatic carbocycles. The van der Waals surface area contributed by atoms with E-state index in [1.54, 1.807) is 0 Å². The minimum Gasteiger partial charge on any atom is -0.401 e. The lowest BCUT2D eigenvalue weighted by molar-refractivity contribution is 0.196. The van der Waals surface area contributed by atoms with Gasteiger partial charge in [0.05, 0.1) is 0 Å². The zero-order valence-corrected chi connectivity index (χ0v) is 25.8. The summed E-state index contributed by atoms with van der Waals surface area (Å²) in [7, 11) is -1.31. The standard InChI is InChI=1S/C29H26BBr3O3S/c1-21-3-17-28(18-4-21)37-36-30(34)35-20-2-19-29(22-5-11-25(31)12-6-22,23-7-13-26(32)14-8-23)24-9-15-27(33)16-10-24/h3-18,34H,2,19-20H2,1H3. The van der Waals surface area contributed by atoms with Gasteiger partial charge in [-0.05, 0) is 85.0 Å². The normalized spacial score (nSPS) is 11.5. The summed E-state index contributed by atoms with van der Waals surface area (Å²) in [6, 6.07) is 33.4. The van der Waals surface area contributed by atoms with E-state index >= 15 is 0 Å². The van der Waals surface area contributed by atoms with Gasteiger partial charge in [-0.1, -0.05) is 102 Å². The molecule has 0 heterocycles. The topological polar surface area (TPSA) is 38.7 Å². The SMILES string of the molecule is Cc1ccc(SOB(O)OCCCC(c2ccc(Br)cc2)(c2ccc(Br)cc2)c2ccc(Br)cc2)cc1. The van der Waals surface area contributed by atoms with Gasteiger partial charge in [0.15, 0.2) is 0 Å². The Kier molecular flexibility index (Phi) is 10.5. The van der Waals surface area contributed by atoms with Gasteiger partial charge in [-0.3, -0.25) is 0 Å². The summed E-state index contributed by atoms with van der Waals surface area (Å²) < 4.78 is 14.2. The van der Waals surface area contributed by atoms with Gasteiger partial charge in [0, 0.05) is 42.4 Å². The van der Waals surface area contributed by atoms with E-state index in [9.17, 15) is 5.02 Å². The molecule has 0 amide bonds. The summed E-state index contributed by atoms with van der Waals surface area (Å²) >= 11 is 11.9. The summed E-state index contributed by atoms with van der Waals surface area (Å²) in [6.45, 7) is 2.38. The number of rotatable bonds is 11. The minimum absolute atomic E-state index is 0.348. The monoisotopic (exact) mass is 702 g/mol. The summed E-state index contributed by atoms with van der Waals surface area (Å²) in [5, 5.41) is 10.3. The second kappa shape index (κ2) is 13.6. The molecule has 0 atom stereocenters. The van der Waals surface area contributed by atoms with E-state index in [1.807, 2.05) is 31.2 Å². The Hall–Kier alpha value is -1.39. The lowest BCUT2D eigenvalue weighted by atomic mass is 9.67. The smallest absolute Gasteiger partial charge is 0.401 e. The van der Waals surface area contributed by atoms with Crippen molar-refractivity contribution >= 4 is 67.2 Å². The molecule has 190 valence electrons. The van der Waals surface area contributed by atoms with Gasteiger partial charge in [-0.15, -0.1) is 0 Å². The third-order valence-corrected chi connectivity index (χ3v) is 8.53. The summed E-state index contributed by atoms with van der Waals surface area (Å²) in [6.07, 6.45) is 1.48. The highest BCUT2D eigenvalue weighted by Gasteiger charge is 2.36. The Morgan fingerprint density at radius 2 is 1.14 bits per heavy atom. The van der Waals surface area contributed by atoms with Crippen molar-refractivity contribution in [3.8, 4) is 0 Å². The molecule has 4 rings (SSSR count). The van der Waals surface area contributed by atoms with Crippen molar-refractivity contribution in [2.45, 2.75) is 30.1 Å². The highest BCUT2D eigenvalue weighted by molar-refractivity contribution is 9.11. The van der Waals surface area contributed by atoms with Gasteiger partial charge in [-0.25, -0.2) is 0 Å². The van der Waals surface area contributed by atoms with Crippen molar-refractivity contribution in [1.29, 1.82) is 0 Å². The van der Waals surface area contributed by atoms with E-state index in [0.29, 0.717) is 13.0 Å². The molecule has 8 heteroatoms. The predicted molar refractivity (Wildman–Crippen MR) is 164 cm³/mol. The molecule has 1 N–H and O–H groups in total. The summed E-state index contributed by atoms with van der Waals surface area (Å²) in [4.78, 5) is 0.910. The number of halogens is 3. The molecule has 0 radical (unpaired) electrons. The zero-order chi connectivity index (χ0) is 26.3. The van der Waals surface area contributed by atoms with E-state index in [1.165, 1.54) is 22.3 Å². The average molecular weight is 705 g/mol. The van der Waals surface area contributed by atoms with Crippen molar-refractivity contribution in [3.05, 3.63) is 133 Å². The molecule has 0 bridgehead atoms. The molecule has 3 nitrogen and oxygen atoms in total. The second-order valence-corrected chi connectivity index (χ2v) is 12.3. The van der Waals surface area contributed by atoms with Gasteiger partial charge in [0.25, 0.3) is 0 Å². The third kappa shape index (κ3) is 7.60. The van der Waals surface area contributed by atoms with Crippen LogP contribution < -0.4 is 0 Å². The first-order valence-electron chi connectivity index (χ1n) is 11.8. The lowest BCUT2D eigenvalue weighted by Gasteiger charge is -2.36. The molecular formula is C29H26BBr3O3S. The van der Waals surface area contributed by atoms with Crippen LogP contribution in [-0.4, -0.2) is 19.0 Å². The van der Waals surface area contributed by atoms with Crippen LogP contribution in [0.15, 0.2) is 115 Å². The average Bonchev–Trinajstić information content (AvgIpc) is 2.90. The summed E-state index contributed by atoms with van der Waals surface area (Å²) in [5.74, 6) is 0. The van der Waals surface area contributed by atoms with E-state index in [-0.39, 0.29) is 0 Å². The maximum absolute atomic E-state index is 10.3. The molecule has 0 aliphatic rings. The number of hydrogen-bond acceptors (Lipinski definition) is 4. The van der Waals surface area contributed by atoms with Crippen LogP contribution in [0.25, 0.3) is 0 Å². The van der Waals surface area contributed by atoms with Gasteiger partial charge in [0.1, 0.15) is 0 Å². The first-order chi connectivity index (χ1) is 17.9. The molecular weight excluding hydrogens is 679 g/mol. The first-order valence-corrected chi connectivity index (χ1v) is 15.0. The molecule has 0 unspecified atom stereocenters. The van der Waals surface area contributed by atoms with Gasteiger partial charge in [0.2, 0.25) is 0 Å². The molecule has 0 saturated heterocycles.